The van der Waals surface area contributed by atoms with Gasteiger partial charge in [0.25, 0.3) is 0 Å². The molecule has 4 aromatic rings. The first-order valence-corrected chi connectivity index (χ1v) is 15.0. The first-order valence-electron chi connectivity index (χ1n) is 15.0. The maximum absolute atomic E-state index is 15.2. The minimum Gasteiger partial charge on any atom is -0.493 e. The van der Waals surface area contributed by atoms with Gasteiger partial charge in [0, 0.05) is 35.9 Å². The van der Waals surface area contributed by atoms with Crippen LogP contribution in [-0.2, 0) is 14.3 Å². The van der Waals surface area contributed by atoms with Gasteiger partial charge in [0.05, 0.1) is 32.4 Å². The molecule has 11 heteroatoms. The average Bonchev–Trinajstić information content (AvgIpc) is 3.08. The monoisotopic (exact) mass is 614 g/mol. The maximum Gasteiger partial charge on any atom is 0.313 e. The SMILES string of the molecule is COc1cc2c(Oc3ccc(NC(=O)C(=O)N4CCOC(c5ccccc5)C4)cc3F)ccnc2cc1OCC1CCNCC1. The standard InChI is InChI=1S/C34H35FN4O6/c1-42-30-18-25-27(19-31(30)44-21-22-9-12-36-13-10-22)37-14-11-28(25)45-29-8-7-24(17-26(29)35)38-33(40)34(41)39-15-16-43-32(20-39)23-5-3-2-4-6-23/h2-8,11,14,17-19,22,32,36H,9-10,12-13,15-16,20-21H2,1H3,(H,38,40). The van der Waals surface area contributed by atoms with E-state index in [4.69, 9.17) is 18.9 Å². The second-order valence-corrected chi connectivity index (χ2v) is 11.1. The van der Waals surface area contributed by atoms with E-state index in [1.54, 1.807) is 31.5 Å². The number of carbonyl (C=O) groups excluding carboxylic acids is 2. The van der Waals surface area contributed by atoms with Gasteiger partial charge in [0.2, 0.25) is 0 Å². The fraction of sp³-hybridized carbons (Fsp3) is 0.324. The van der Waals surface area contributed by atoms with Gasteiger partial charge in [-0.05, 0) is 61.7 Å². The number of benzene rings is 3. The van der Waals surface area contributed by atoms with Gasteiger partial charge in [-0.2, -0.15) is 0 Å². The molecule has 0 spiro atoms. The van der Waals surface area contributed by atoms with Crippen LogP contribution in [0.5, 0.6) is 23.0 Å². The van der Waals surface area contributed by atoms with Crippen molar-refractivity contribution in [3.8, 4) is 23.0 Å². The Bertz CT molecular complexity index is 1660. The minimum atomic E-state index is -0.859. The van der Waals surface area contributed by atoms with E-state index in [2.05, 4.69) is 15.6 Å². The zero-order chi connectivity index (χ0) is 31.2. The van der Waals surface area contributed by atoms with Crippen LogP contribution < -0.4 is 24.8 Å². The van der Waals surface area contributed by atoms with E-state index in [0.29, 0.717) is 47.3 Å². The number of fused-ring (bicyclic) bond motifs is 1. The van der Waals surface area contributed by atoms with Crippen LogP contribution in [0.15, 0.2) is 72.9 Å². The molecule has 2 N–H and O–H groups in total. The van der Waals surface area contributed by atoms with E-state index in [9.17, 15) is 9.59 Å². The Morgan fingerprint density at radius 3 is 2.62 bits per heavy atom. The molecule has 0 aliphatic carbocycles. The molecule has 0 bridgehead atoms. The Labute approximate surface area is 260 Å². The van der Waals surface area contributed by atoms with Gasteiger partial charge in [-0.1, -0.05) is 30.3 Å². The first-order chi connectivity index (χ1) is 22.0. The quantitative estimate of drug-likeness (QED) is 0.264. The lowest BCUT2D eigenvalue weighted by atomic mass is 9.99. The van der Waals surface area contributed by atoms with Gasteiger partial charge >= 0.3 is 11.8 Å². The molecule has 2 aliphatic heterocycles. The summed E-state index contributed by atoms with van der Waals surface area (Å²) in [5.74, 6) is -0.401. The topological polar surface area (TPSA) is 111 Å². The summed E-state index contributed by atoms with van der Waals surface area (Å²) in [6.07, 6.45) is 3.36. The number of rotatable bonds is 8. The van der Waals surface area contributed by atoms with Crippen molar-refractivity contribution in [2.75, 3.05) is 51.8 Å². The second-order valence-electron chi connectivity index (χ2n) is 11.1. The van der Waals surface area contributed by atoms with Crippen molar-refractivity contribution in [3.63, 3.8) is 0 Å². The molecule has 0 saturated carbocycles. The Kier molecular flexibility index (Phi) is 9.37. The second kappa shape index (κ2) is 13.9. The van der Waals surface area contributed by atoms with Gasteiger partial charge in [-0.15, -0.1) is 0 Å². The minimum absolute atomic E-state index is 0.0593. The molecular weight excluding hydrogens is 579 g/mol. The van der Waals surface area contributed by atoms with Crippen LogP contribution in [0.2, 0.25) is 0 Å². The van der Waals surface area contributed by atoms with Crippen molar-refractivity contribution in [3.05, 3.63) is 84.3 Å². The number of morpholine rings is 1. The lowest BCUT2D eigenvalue weighted by Crippen LogP contribution is -2.46. The Morgan fingerprint density at radius 2 is 1.84 bits per heavy atom. The number of aromatic nitrogens is 1. The Morgan fingerprint density at radius 1 is 1.02 bits per heavy atom. The summed E-state index contributed by atoms with van der Waals surface area (Å²) in [6.45, 7) is 3.39. The summed E-state index contributed by atoms with van der Waals surface area (Å²) in [4.78, 5) is 31.6. The lowest BCUT2D eigenvalue weighted by molar-refractivity contribution is -0.148. The van der Waals surface area contributed by atoms with Crippen LogP contribution in [0.1, 0.15) is 24.5 Å². The van der Waals surface area contributed by atoms with Crippen molar-refractivity contribution in [2.24, 2.45) is 5.92 Å². The summed E-state index contributed by atoms with van der Waals surface area (Å²) >= 11 is 0. The highest BCUT2D eigenvalue weighted by Crippen LogP contribution is 2.38. The predicted octanol–water partition coefficient (Wildman–Crippen LogP) is 5.09. The van der Waals surface area contributed by atoms with Gasteiger partial charge in [-0.3, -0.25) is 14.6 Å². The fourth-order valence-corrected chi connectivity index (χ4v) is 5.56. The number of amides is 2. The number of pyridine rings is 1. The number of piperidine rings is 1. The molecule has 1 atom stereocenters. The van der Waals surface area contributed by atoms with Gasteiger partial charge in [0.1, 0.15) is 11.9 Å². The third-order valence-corrected chi connectivity index (χ3v) is 8.05. The number of halogens is 1. The van der Waals surface area contributed by atoms with Crippen LogP contribution in [-0.4, -0.2) is 68.2 Å². The van der Waals surface area contributed by atoms with Gasteiger partial charge < -0.3 is 34.5 Å². The van der Waals surface area contributed by atoms with Crippen LogP contribution in [0.3, 0.4) is 0 Å². The summed E-state index contributed by atoms with van der Waals surface area (Å²) in [5, 5.41) is 6.47. The third kappa shape index (κ3) is 7.16. The van der Waals surface area contributed by atoms with Crippen LogP contribution in [0.4, 0.5) is 10.1 Å². The highest BCUT2D eigenvalue weighted by molar-refractivity contribution is 6.39. The molecule has 2 amide bonds. The van der Waals surface area contributed by atoms with Crippen LogP contribution >= 0.6 is 0 Å². The number of ether oxygens (including phenoxy) is 4. The molecule has 1 aromatic heterocycles. The number of carbonyl (C=O) groups is 2. The lowest BCUT2D eigenvalue weighted by Gasteiger charge is -2.32. The number of anilines is 1. The zero-order valence-electron chi connectivity index (χ0n) is 25.0. The normalized spacial score (nSPS) is 17.1. The fourth-order valence-electron chi connectivity index (χ4n) is 5.56. The van der Waals surface area contributed by atoms with Gasteiger partial charge in [0.15, 0.2) is 23.1 Å². The number of hydrogen-bond donors (Lipinski definition) is 2. The first kappa shape index (κ1) is 30.3. The number of hydrogen-bond acceptors (Lipinski definition) is 8. The van der Waals surface area contributed by atoms with Crippen molar-refractivity contribution in [1.82, 2.24) is 15.2 Å². The van der Waals surface area contributed by atoms with Crippen molar-refractivity contribution in [2.45, 2.75) is 18.9 Å². The number of nitrogens with one attached hydrogen (secondary N) is 2. The molecule has 6 rings (SSSR count). The summed E-state index contributed by atoms with van der Waals surface area (Å²) in [6, 6.07) is 18.7. The largest absolute Gasteiger partial charge is 0.493 e. The third-order valence-electron chi connectivity index (χ3n) is 8.05. The van der Waals surface area contributed by atoms with E-state index in [1.165, 1.54) is 17.0 Å². The highest BCUT2D eigenvalue weighted by Gasteiger charge is 2.29. The molecule has 2 fully saturated rings. The molecule has 2 aliphatic rings. The van der Waals surface area contributed by atoms with Crippen LogP contribution in [0.25, 0.3) is 10.9 Å². The van der Waals surface area contributed by atoms with E-state index in [-0.39, 0.29) is 30.6 Å². The molecule has 45 heavy (non-hydrogen) atoms. The Hall–Kier alpha value is -4.74. The Balaban J connectivity index is 1.12. The molecular formula is C34H35FN4O6. The van der Waals surface area contributed by atoms with E-state index in [0.717, 1.165) is 37.6 Å². The smallest absolute Gasteiger partial charge is 0.313 e. The van der Waals surface area contributed by atoms with Gasteiger partial charge in [-0.25, -0.2) is 4.39 Å². The molecule has 3 heterocycles. The molecule has 2 saturated heterocycles. The molecule has 234 valence electrons. The summed E-state index contributed by atoms with van der Waals surface area (Å²) < 4.78 is 38.7. The molecule has 1 unspecified atom stereocenters. The van der Waals surface area contributed by atoms with Crippen molar-refractivity contribution >= 4 is 28.4 Å². The van der Waals surface area contributed by atoms with Crippen LogP contribution in [0, 0.1) is 11.7 Å². The van der Waals surface area contributed by atoms with Crippen molar-refractivity contribution in [1.29, 1.82) is 0 Å². The zero-order valence-corrected chi connectivity index (χ0v) is 25.0. The summed E-state index contributed by atoms with van der Waals surface area (Å²) in [5.41, 5.74) is 1.66. The molecule has 10 nitrogen and oxygen atoms in total. The number of nitrogens with zero attached hydrogens (tertiary/aromatic N) is 2. The summed E-state index contributed by atoms with van der Waals surface area (Å²) in [7, 11) is 1.56. The predicted molar refractivity (Wildman–Crippen MR) is 166 cm³/mol. The molecule has 3 aromatic carbocycles. The highest BCUT2D eigenvalue weighted by atomic mass is 19.1. The van der Waals surface area contributed by atoms with E-state index < -0.39 is 17.6 Å². The number of methoxy groups -OCH3 is 1. The van der Waals surface area contributed by atoms with E-state index in [1.807, 2.05) is 30.3 Å². The molecule has 0 radical (unpaired) electrons. The van der Waals surface area contributed by atoms with Crippen molar-refractivity contribution < 1.29 is 32.9 Å². The van der Waals surface area contributed by atoms with E-state index >= 15 is 4.39 Å². The maximum atomic E-state index is 15.2. The average molecular weight is 615 g/mol.